The van der Waals surface area contributed by atoms with E-state index in [9.17, 15) is 5.11 Å². The summed E-state index contributed by atoms with van der Waals surface area (Å²) in [5, 5.41) is 10.3. The number of aliphatic hydroxyl groups excluding tert-OH is 1. The van der Waals surface area contributed by atoms with Gasteiger partial charge in [0.1, 0.15) is 0 Å². The molecule has 2 aromatic rings. The number of aromatic nitrogens is 1. The van der Waals surface area contributed by atoms with Crippen LogP contribution in [-0.2, 0) is 6.42 Å². The Kier molecular flexibility index (Phi) is 4.75. The molecule has 0 bridgehead atoms. The lowest BCUT2D eigenvalue weighted by Crippen LogP contribution is -2.05. The molecule has 2 nitrogen and oxygen atoms in total. The van der Waals surface area contributed by atoms with Crippen molar-refractivity contribution in [2.45, 2.75) is 19.4 Å². The average molecular weight is 418 g/mol. The average Bonchev–Trinajstić information content (AvgIpc) is 2.32. The van der Waals surface area contributed by atoms with E-state index in [4.69, 9.17) is 0 Å². The molecule has 0 spiro atoms. The van der Waals surface area contributed by atoms with Gasteiger partial charge in [-0.25, -0.2) is 0 Å². The van der Waals surface area contributed by atoms with E-state index in [-0.39, 0.29) is 0 Å². The predicted molar refractivity (Wildman–Crippen MR) is 84.5 cm³/mol. The molecule has 2 rings (SSSR count). The number of rotatable bonds is 3. The molecule has 0 amide bonds. The Labute approximate surface area is 129 Å². The highest BCUT2D eigenvalue weighted by Gasteiger charge is 2.13. The van der Waals surface area contributed by atoms with Crippen LogP contribution in [0, 0.1) is 10.5 Å². The van der Waals surface area contributed by atoms with Crippen LogP contribution in [0.3, 0.4) is 0 Å². The van der Waals surface area contributed by atoms with Gasteiger partial charge in [-0.15, -0.1) is 0 Å². The number of aryl methyl sites for hydroxylation is 1. The van der Waals surface area contributed by atoms with E-state index < -0.39 is 6.10 Å². The summed E-state index contributed by atoms with van der Waals surface area (Å²) in [6, 6.07) is 8.00. The maximum Gasteiger partial charge on any atom is 0.0841 e. The van der Waals surface area contributed by atoms with Crippen molar-refractivity contribution < 1.29 is 5.11 Å². The first kappa shape index (κ1) is 14.0. The molecule has 94 valence electrons. The van der Waals surface area contributed by atoms with Crippen LogP contribution >= 0.6 is 38.5 Å². The number of nitrogens with zero attached hydrogens (tertiary/aromatic N) is 1. The van der Waals surface area contributed by atoms with Crippen molar-refractivity contribution in [1.29, 1.82) is 0 Å². The van der Waals surface area contributed by atoms with E-state index >= 15 is 0 Å². The summed E-state index contributed by atoms with van der Waals surface area (Å²) in [6.07, 6.45) is 3.61. The molecule has 1 N–H and O–H groups in total. The second-order valence-electron chi connectivity index (χ2n) is 4.21. The van der Waals surface area contributed by atoms with Crippen LogP contribution in [0.25, 0.3) is 0 Å². The van der Waals surface area contributed by atoms with Gasteiger partial charge in [0.15, 0.2) is 0 Å². The van der Waals surface area contributed by atoms with Gasteiger partial charge in [0.2, 0.25) is 0 Å². The molecule has 1 atom stereocenters. The number of hydrogen-bond donors (Lipinski definition) is 1. The van der Waals surface area contributed by atoms with Crippen LogP contribution in [0.1, 0.15) is 22.8 Å². The van der Waals surface area contributed by atoms with Crippen molar-refractivity contribution in [2.24, 2.45) is 0 Å². The number of aliphatic hydroxyl groups is 1. The molecule has 0 aliphatic rings. The maximum absolute atomic E-state index is 10.3. The Hall–Kier alpha value is -0.460. The van der Waals surface area contributed by atoms with Gasteiger partial charge in [-0.05, 0) is 68.2 Å². The minimum absolute atomic E-state index is 0.493. The van der Waals surface area contributed by atoms with Crippen LogP contribution in [0.15, 0.2) is 41.1 Å². The fraction of sp³-hybridized carbons (Fsp3) is 0.214. The second kappa shape index (κ2) is 6.12. The highest BCUT2D eigenvalue weighted by atomic mass is 127. The Morgan fingerprint density at radius 3 is 2.89 bits per heavy atom. The third kappa shape index (κ3) is 3.30. The molecule has 4 heteroatoms. The predicted octanol–water partition coefficient (Wildman–Crippen LogP) is 4.03. The number of hydrogen-bond acceptors (Lipinski definition) is 2. The summed E-state index contributed by atoms with van der Waals surface area (Å²) in [4.78, 5) is 4.11. The molecule has 1 heterocycles. The SMILES string of the molecule is Cc1cccc(C(O)Cc2cncc(Br)c2)c1I. The van der Waals surface area contributed by atoms with E-state index in [0.29, 0.717) is 6.42 Å². The highest BCUT2D eigenvalue weighted by Crippen LogP contribution is 2.26. The molecule has 0 saturated carbocycles. The molecule has 1 aromatic heterocycles. The summed E-state index contributed by atoms with van der Waals surface area (Å²) in [6.45, 7) is 2.05. The van der Waals surface area contributed by atoms with E-state index in [2.05, 4.69) is 56.5 Å². The first-order chi connectivity index (χ1) is 8.58. The smallest absolute Gasteiger partial charge is 0.0841 e. The number of benzene rings is 1. The van der Waals surface area contributed by atoms with Crippen LogP contribution in [0.4, 0.5) is 0 Å². The van der Waals surface area contributed by atoms with Gasteiger partial charge in [0.05, 0.1) is 6.10 Å². The van der Waals surface area contributed by atoms with Crippen LogP contribution in [0.2, 0.25) is 0 Å². The molecule has 18 heavy (non-hydrogen) atoms. The summed E-state index contributed by atoms with van der Waals surface area (Å²) < 4.78 is 2.07. The van der Waals surface area contributed by atoms with Gasteiger partial charge in [-0.1, -0.05) is 18.2 Å². The van der Waals surface area contributed by atoms with Gasteiger partial charge in [0.25, 0.3) is 0 Å². The standard InChI is InChI=1S/C14H13BrINO/c1-9-3-2-4-12(14(9)16)13(18)6-10-5-11(15)8-17-7-10/h2-5,7-8,13,18H,6H2,1H3. The van der Waals surface area contributed by atoms with Gasteiger partial charge in [-0.2, -0.15) is 0 Å². The van der Waals surface area contributed by atoms with Crippen molar-refractivity contribution >= 4 is 38.5 Å². The van der Waals surface area contributed by atoms with Crippen LogP contribution in [0.5, 0.6) is 0 Å². The number of halogens is 2. The van der Waals surface area contributed by atoms with Gasteiger partial charge in [0, 0.05) is 26.9 Å². The van der Waals surface area contributed by atoms with Crippen molar-refractivity contribution in [2.75, 3.05) is 0 Å². The maximum atomic E-state index is 10.3. The lowest BCUT2D eigenvalue weighted by atomic mass is 10.0. The Morgan fingerprint density at radius 2 is 2.17 bits per heavy atom. The van der Waals surface area contributed by atoms with Crippen LogP contribution in [-0.4, -0.2) is 10.1 Å². The molecule has 0 saturated heterocycles. The van der Waals surface area contributed by atoms with Crippen LogP contribution < -0.4 is 0 Å². The molecule has 0 radical (unpaired) electrons. The van der Waals surface area contributed by atoms with Crippen molar-refractivity contribution in [3.8, 4) is 0 Å². The molecular weight excluding hydrogens is 405 g/mol. The van der Waals surface area contributed by atoms with Crippen molar-refractivity contribution in [3.63, 3.8) is 0 Å². The molecule has 0 aliphatic carbocycles. The van der Waals surface area contributed by atoms with Crippen molar-refractivity contribution in [1.82, 2.24) is 4.98 Å². The van der Waals surface area contributed by atoms with Crippen molar-refractivity contribution in [3.05, 3.63) is 61.4 Å². The van der Waals surface area contributed by atoms with Gasteiger partial charge < -0.3 is 5.11 Å². The first-order valence-electron chi connectivity index (χ1n) is 5.60. The van der Waals surface area contributed by atoms with E-state index in [1.54, 1.807) is 12.4 Å². The molecular formula is C14H13BrINO. The van der Waals surface area contributed by atoms with Gasteiger partial charge in [-0.3, -0.25) is 4.98 Å². The fourth-order valence-corrected chi connectivity index (χ4v) is 2.96. The van der Waals surface area contributed by atoms with E-state index in [1.165, 1.54) is 5.56 Å². The fourth-order valence-electron chi connectivity index (χ4n) is 1.83. The van der Waals surface area contributed by atoms with Gasteiger partial charge >= 0.3 is 0 Å². The minimum Gasteiger partial charge on any atom is -0.388 e. The summed E-state index contributed by atoms with van der Waals surface area (Å²) in [5.74, 6) is 0. The third-order valence-corrected chi connectivity index (χ3v) is 4.68. The number of pyridine rings is 1. The first-order valence-corrected chi connectivity index (χ1v) is 7.47. The highest BCUT2D eigenvalue weighted by molar-refractivity contribution is 14.1. The molecule has 0 aliphatic heterocycles. The third-order valence-electron chi connectivity index (χ3n) is 2.77. The normalized spacial score (nSPS) is 12.4. The molecule has 1 unspecified atom stereocenters. The zero-order valence-electron chi connectivity index (χ0n) is 9.90. The lowest BCUT2D eigenvalue weighted by molar-refractivity contribution is 0.177. The Balaban J connectivity index is 2.22. The summed E-state index contributed by atoms with van der Waals surface area (Å²) in [5.41, 5.74) is 3.20. The largest absolute Gasteiger partial charge is 0.388 e. The van der Waals surface area contributed by atoms with E-state index in [1.807, 2.05) is 18.2 Å². The zero-order chi connectivity index (χ0) is 13.1. The quantitative estimate of drug-likeness (QED) is 0.764. The Morgan fingerprint density at radius 1 is 1.39 bits per heavy atom. The molecule has 0 fully saturated rings. The lowest BCUT2D eigenvalue weighted by Gasteiger charge is -2.14. The van der Waals surface area contributed by atoms with E-state index in [0.717, 1.165) is 19.2 Å². The minimum atomic E-state index is -0.493. The molecule has 1 aromatic carbocycles. The second-order valence-corrected chi connectivity index (χ2v) is 6.20. The summed E-state index contributed by atoms with van der Waals surface area (Å²) in [7, 11) is 0. The topological polar surface area (TPSA) is 33.1 Å². The Bertz CT molecular complexity index is 559. The summed E-state index contributed by atoms with van der Waals surface area (Å²) >= 11 is 5.67. The monoisotopic (exact) mass is 417 g/mol. The zero-order valence-corrected chi connectivity index (χ0v) is 13.6.